The Morgan fingerprint density at radius 3 is 2.57 bits per heavy atom. The molecule has 21 heavy (non-hydrogen) atoms. The average molecular weight is 411 g/mol. The first-order chi connectivity index (χ1) is 9.52. The van der Waals surface area contributed by atoms with Crippen LogP contribution < -0.4 is 10.6 Å². The van der Waals surface area contributed by atoms with Crippen molar-refractivity contribution in [1.82, 2.24) is 10.6 Å². The Morgan fingerprint density at radius 2 is 1.95 bits per heavy atom. The van der Waals surface area contributed by atoms with Crippen LogP contribution in [0.3, 0.4) is 0 Å². The van der Waals surface area contributed by atoms with Gasteiger partial charge in [-0.15, -0.1) is 24.0 Å². The molecule has 120 valence electrons. The van der Waals surface area contributed by atoms with Gasteiger partial charge in [0.15, 0.2) is 5.96 Å². The van der Waals surface area contributed by atoms with Gasteiger partial charge in [-0.2, -0.15) is 0 Å². The molecule has 1 rings (SSSR count). The molecule has 0 atom stereocenters. The van der Waals surface area contributed by atoms with E-state index in [0.717, 1.165) is 31.5 Å². The molecule has 0 radical (unpaired) electrons. The molecule has 0 aliphatic rings. The third-order valence-electron chi connectivity index (χ3n) is 2.93. The third-order valence-corrected chi connectivity index (χ3v) is 2.93. The molecule has 6 heteroatoms. The van der Waals surface area contributed by atoms with E-state index in [1.807, 2.05) is 0 Å². The summed E-state index contributed by atoms with van der Waals surface area (Å²) >= 11 is 0. The molecule has 0 unspecified atom stereocenters. The minimum Gasteiger partial charge on any atom is -0.356 e. The van der Waals surface area contributed by atoms with E-state index in [1.54, 1.807) is 7.05 Å². The fourth-order valence-electron chi connectivity index (χ4n) is 1.80. The second-order valence-electron chi connectivity index (χ2n) is 5.12. The van der Waals surface area contributed by atoms with E-state index in [2.05, 4.69) is 29.5 Å². The maximum atomic E-state index is 13.5. The van der Waals surface area contributed by atoms with Gasteiger partial charge in [0, 0.05) is 25.7 Å². The van der Waals surface area contributed by atoms with Gasteiger partial charge in [0.2, 0.25) is 0 Å². The minimum atomic E-state index is -0.442. The van der Waals surface area contributed by atoms with Gasteiger partial charge in [-0.25, -0.2) is 8.78 Å². The van der Waals surface area contributed by atoms with Gasteiger partial charge in [-0.1, -0.05) is 13.8 Å². The van der Waals surface area contributed by atoms with E-state index in [1.165, 1.54) is 6.07 Å². The number of nitrogens with zero attached hydrogens (tertiary/aromatic N) is 1. The van der Waals surface area contributed by atoms with Crippen molar-refractivity contribution < 1.29 is 8.78 Å². The monoisotopic (exact) mass is 411 g/mol. The zero-order valence-electron chi connectivity index (χ0n) is 12.7. The van der Waals surface area contributed by atoms with E-state index < -0.39 is 11.6 Å². The molecule has 2 N–H and O–H groups in total. The second-order valence-corrected chi connectivity index (χ2v) is 5.12. The van der Waals surface area contributed by atoms with Crippen LogP contribution in [-0.2, 0) is 6.54 Å². The van der Waals surface area contributed by atoms with Crippen molar-refractivity contribution in [3.63, 3.8) is 0 Å². The lowest BCUT2D eigenvalue weighted by molar-refractivity contribution is 0.548. The van der Waals surface area contributed by atoms with E-state index in [0.29, 0.717) is 11.9 Å². The number of hydrogen-bond donors (Lipinski definition) is 2. The molecule has 0 aliphatic carbocycles. The Labute approximate surface area is 142 Å². The van der Waals surface area contributed by atoms with Gasteiger partial charge in [-0.05, 0) is 37.0 Å². The van der Waals surface area contributed by atoms with Gasteiger partial charge in [0.1, 0.15) is 11.6 Å². The number of rotatable bonds is 6. The quantitative estimate of drug-likeness (QED) is 0.324. The fraction of sp³-hybridized carbons (Fsp3) is 0.533. The summed E-state index contributed by atoms with van der Waals surface area (Å²) in [6, 6.07) is 3.43. The van der Waals surface area contributed by atoms with Crippen molar-refractivity contribution in [1.29, 1.82) is 0 Å². The molecule has 0 saturated carbocycles. The Morgan fingerprint density at radius 1 is 1.24 bits per heavy atom. The molecule has 0 saturated heterocycles. The summed E-state index contributed by atoms with van der Waals surface area (Å²) in [4.78, 5) is 4.05. The number of benzene rings is 1. The van der Waals surface area contributed by atoms with Crippen LogP contribution in [0.15, 0.2) is 23.2 Å². The van der Waals surface area contributed by atoms with Crippen LogP contribution in [-0.4, -0.2) is 19.6 Å². The predicted octanol–water partition coefficient (Wildman–Crippen LogP) is 3.68. The normalized spacial score (nSPS) is 11.2. The zero-order chi connectivity index (χ0) is 15.0. The van der Waals surface area contributed by atoms with Crippen LogP contribution in [0.25, 0.3) is 0 Å². The summed E-state index contributed by atoms with van der Waals surface area (Å²) in [5, 5.41) is 6.13. The Balaban J connectivity index is 0.00000400. The summed E-state index contributed by atoms with van der Waals surface area (Å²) in [7, 11) is 1.65. The standard InChI is InChI=1S/C15H23F2N3.HI/c1-11(2)5-4-8-19-15(18-3)20-10-12-9-13(16)6-7-14(12)17;/h6-7,9,11H,4-5,8,10H2,1-3H3,(H2,18,19,20);1H. The smallest absolute Gasteiger partial charge is 0.191 e. The third kappa shape index (κ3) is 8.18. The molecule has 0 bridgehead atoms. The van der Waals surface area contributed by atoms with Crippen LogP contribution in [0, 0.1) is 17.6 Å². The summed E-state index contributed by atoms with van der Waals surface area (Å²) in [6.45, 7) is 5.37. The molecule has 3 nitrogen and oxygen atoms in total. The molecular formula is C15H24F2IN3. The van der Waals surface area contributed by atoms with E-state index >= 15 is 0 Å². The van der Waals surface area contributed by atoms with Crippen LogP contribution in [0.5, 0.6) is 0 Å². The predicted molar refractivity (Wildman–Crippen MR) is 94.0 cm³/mol. The van der Waals surface area contributed by atoms with Gasteiger partial charge in [0.25, 0.3) is 0 Å². The van der Waals surface area contributed by atoms with Gasteiger partial charge < -0.3 is 10.6 Å². The van der Waals surface area contributed by atoms with Crippen LogP contribution >= 0.6 is 24.0 Å². The van der Waals surface area contributed by atoms with Gasteiger partial charge >= 0.3 is 0 Å². The lowest BCUT2D eigenvalue weighted by Gasteiger charge is -2.13. The topological polar surface area (TPSA) is 36.4 Å². The first-order valence-electron chi connectivity index (χ1n) is 6.91. The lowest BCUT2D eigenvalue weighted by Crippen LogP contribution is -2.37. The first-order valence-corrected chi connectivity index (χ1v) is 6.91. The van der Waals surface area contributed by atoms with E-state index in [-0.39, 0.29) is 36.1 Å². The Bertz CT molecular complexity index is 451. The number of nitrogens with one attached hydrogen (secondary N) is 2. The van der Waals surface area contributed by atoms with Crippen molar-refractivity contribution in [2.24, 2.45) is 10.9 Å². The van der Waals surface area contributed by atoms with E-state index in [9.17, 15) is 8.78 Å². The maximum Gasteiger partial charge on any atom is 0.191 e. The summed E-state index contributed by atoms with van der Waals surface area (Å²) in [5.41, 5.74) is 0.287. The summed E-state index contributed by atoms with van der Waals surface area (Å²) in [6.07, 6.45) is 2.19. The lowest BCUT2D eigenvalue weighted by atomic mass is 10.1. The number of guanidine groups is 1. The second kappa shape index (κ2) is 10.8. The highest BCUT2D eigenvalue weighted by molar-refractivity contribution is 14.0. The minimum absolute atomic E-state index is 0. The van der Waals surface area contributed by atoms with Crippen molar-refractivity contribution in [2.45, 2.75) is 33.2 Å². The number of aliphatic imine (C=N–C) groups is 1. The molecule has 0 spiro atoms. The molecule has 1 aromatic rings. The summed E-state index contributed by atoms with van der Waals surface area (Å²) < 4.78 is 26.5. The highest BCUT2D eigenvalue weighted by atomic mass is 127. The van der Waals surface area contributed by atoms with Crippen LogP contribution in [0.1, 0.15) is 32.3 Å². The molecule has 0 aliphatic heterocycles. The van der Waals surface area contributed by atoms with E-state index in [4.69, 9.17) is 0 Å². The van der Waals surface area contributed by atoms with Crippen molar-refractivity contribution in [3.05, 3.63) is 35.4 Å². The highest BCUT2D eigenvalue weighted by Crippen LogP contribution is 2.09. The van der Waals surface area contributed by atoms with Gasteiger partial charge in [-0.3, -0.25) is 4.99 Å². The zero-order valence-corrected chi connectivity index (χ0v) is 15.1. The number of halogens is 3. The Kier molecular flexibility index (Phi) is 10.3. The van der Waals surface area contributed by atoms with Crippen molar-refractivity contribution >= 4 is 29.9 Å². The van der Waals surface area contributed by atoms with Crippen molar-refractivity contribution in [2.75, 3.05) is 13.6 Å². The maximum absolute atomic E-state index is 13.5. The fourth-order valence-corrected chi connectivity index (χ4v) is 1.80. The summed E-state index contributed by atoms with van der Waals surface area (Å²) in [5.74, 6) is 0.405. The molecular weight excluding hydrogens is 387 g/mol. The first kappa shape index (κ1) is 20.1. The van der Waals surface area contributed by atoms with Gasteiger partial charge in [0.05, 0.1) is 0 Å². The van der Waals surface area contributed by atoms with Crippen molar-refractivity contribution in [3.8, 4) is 0 Å². The average Bonchev–Trinajstić information content (AvgIpc) is 2.41. The molecule has 0 aromatic heterocycles. The Hall–Kier alpha value is -0.920. The molecule has 0 heterocycles. The highest BCUT2D eigenvalue weighted by Gasteiger charge is 2.05. The molecule has 0 amide bonds. The van der Waals surface area contributed by atoms with Crippen LogP contribution in [0.2, 0.25) is 0 Å². The number of hydrogen-bond acceptors (Lipinski definition) is 1. The molecule has 1 aromatic carbocycles. The van der Waals surface area contributed by atoms with Crippen LogP contribution in [0.4, 0.5) is 8.78 Å². The largest absolute Gasteiger partial charge is 0.356 e. The molecule has 0 fully saturated rings. The SMILES string of the molecule is CN=C(NCCCC(C)C)NCc1cc(F)ccc1F.I.